The highest BCUT2D eigenvalue weighted by Crippen LogP contribution is 2.47. The summed E-state index contributed by atoms with van der Waals surface area (Å²) in [6.45, 7) is 10.9. The van der Waals surface area contributed by atoms with Crippen molar-refractivity contribution in [2.75, 3.05) is 62.2 Å². The smallest absolute Gasteiger partial charge is 0.207 e. The second-order valence-corrected chi connectivity index (χ2v) is 13.4. The number of amides is 1. The first-order valence-electron chi connectivity index (χ1n) is 17.1. The molecule has 0 bridgehead atoms. The van der Waals surface area contributed by atoms with Gasteiger partial charge in [0.25, 0.3) is 0 Å². The van der Waals surface area contributed by atoms with Gasteiger partial charge >= 0.3 is 0 Å². The SMILES string of the molecule is Cc1ccc(N2CCN(CC3CCN(c4ccc(C5c6ccc(O)cc6OCC5c5ccccc5)cc4)CC3)CC2)cc1CNC=O. The molecule has 0 aliphatic carbocycles. The zero-order valence-corrected chi connectivity index (χ0v) is 27.4. The molecule has 2 atom stereocenters. The number of piperidine rings is 1. The van der Waals surface area contributed by atoms with Gasteiger partial charge in [0.1, 0.15) is 11.5 Å². The van der Waals surface area contributed by atoms with E-state index in [0.29, 0.717) is 13.2 Å². The van der Waals surface area contributed by atoms with Gasteiger partial charge < -0.3 is 25.0 Å². The molecular formula is C40H46N4O3. The van der Waals surface area contributed by atoms with Crippen LogP contribution in [0.3, 0.4) is 0 Å². The number of hydrogen-bond acceptors (Lipinski definition) is 6. The van der Waals surface area contributed by atoms with Crippen LogP contribution in [0.2, 0.25) is 0 Å². The van der Waals surface area contributed by atoms with Crippen LogP contribution in [-0.2, 0) is 11.3 Å². The molecule has 244 valence electrons. The number of ether oxygens (including phenoxy) is 1. The Morgan fingerprint density at radius 1 is 0.809 bits per heavy atom. The summed E-state index contributed by atoms with van der Waals surface area (Å²) in [5, 5.41) is 12.9. The van der Waals surface area contributed by atoms with Gasteiger partial charge in [-0.25, -0.2) is 0 Å². The summed E-state index contributed by atoms with van der Waals surface area (Å²) in [5.74, 6) is 2.12. The topological polar surface area (TPSA) is 68.3 Å². The van der Waals surface area contributed by atoms with Crippen molar-refractivity contribution >= 4 is 17.8 Å². The third-order valence-corrected chi connectivity index (χ3v) is 10.6. The van der Waals surface area contributed by atoms with Crippen LogP contribution < -0.4 is 19.9 Å². The molecule has 4 aromatic rings. The van der Waals surface area contributed by atoms with Gasteiger partial charge in [0.15, 0.2) is 0 Å². The largest absolute Gasteiger partial charge is 0.508 e. The maximum Gasteiger partial charge on any atom is 0.207 e. The van der Waals surface area contributed by atoms with E-state index in [0.717, 1.165) is 62.9 Å². The van der Waals surface area contributed by atoms with E-state index in [1.165, 1.54) is 53.0 Å². The number of nitrogens with one attached hydrogen (secondary N) is 1. The molecule has 2 unspecified atom stereocenters. The first-order chi connectivity index (χ1) is 23.1. The lowest BCUT2D eigenvalue weighted by molar-refractivity contribution is -0.109. The molecule has 4 aromatic carbocycles. The molecule has 3 aliphatic rings. The molecule has 0 aromatic heterocycles. The van der Waals surface area contributed by atoms with Crippen molar-refractivity contribution in [3.8, 4) is 11.5 Å². The van der Waals surface area contributed by atoms with Crippen molar-refractivity contribution in [3.05, 3.63) is 119 Å². The molecule has 3 aliphatic heterocycles. The zero-order valence-electron chi connectivity index (χ0n) is 27.4. The zero-order chi connectivity index (χ0) is 32.2. The number of piperazine rings is 1. The number of phenolic OH excluding ortho intramolecular Hbond substituents is 1. The normalized spacial score (nSPS) is 20.4. The van der Waals surface area contributed by atoms with Crippen molar-refractivity contribution in [1.82, 2.24) is 10.2 Å². The molecule has 0 saturated carbocycles. The Labute approximate surface area is 278 Å². The molecule has 7 rings (SSSR count). The summed E-state index contributed by atoms with van der Waals surface area (Å²) in [4.78, 5) is 18.5. The molecule has 2 fully saturated rings. The summed E-state index contributed by atoms with van der Waals surface area (Å²) in [6.07, 6.45) is 3.22. The predicted molar refractivity (Wildman–Crippen MR) is 189 cm³/mol. The lowest BCUT2D eigenvalue weighted by Gasteiger charge is -2.40. The highest BCUT2D eigenvalue weighted by atomic mass is 16.5. The fourth-order valence-corrected chi connectivity index (χ4v) is 7.81. The van der Waals surface area contributed by atoms with Crippen LogP contribution in [0.15, 0.2) is 91.0 Å². The predicted octanol–water partition coefficient (Wildman–Crippen LogP) is 6.29. The Kier molecular flexibility index (Phi) is 9.34. The highest BCUT2D eigenvalue weighted by molar-refractivity contribution is 5.55. The number of carbonyl (C=O) groups excluding carboxylic acids is 1. The van der Waals surface area contributed by atoms with Gasteiger partial charge in [0, 0.05) is 87.2 Å². The van der Waals surface area contributed by atoms with Crippen LogP contribution in [0.5, 0.6) is 11.5 Å². The maximum absolute atomic E-state index is 10.8. The fourth-order valence-electron chi connectivity index (χ4n) is 7.81. The third kappa shape index (κ3) is 6.96. The molecular weight excluding hydrogens is 584 g/mol. The molecule has 3 heterocycles. The number of nitrogens with zero attached hydrogens (tertiary/aromatic N) is 3. The third-order valence-electron chi connectivity index (χ3n) is 10.6. The molecule has 0 radical (unpaired) electrons. The Morgan fingerprint density at radius 3 is 2.28 bits per heavy atom. The number of carbonyl (C=O) groups is 1. The number of fused-ring (bicyclic) bond motifs is 1. The van der Waals surface area contributed by atoms with Gasteiger partial charge in [-0.3, -0.25) is 9.69 Å². The van der Waals surface area contributed by atoms with E-state index in [2.05, 4.69) is 99.7 Å². The lowest BCUT2D eigenvalue weighted by atomic mass is 9.76. The second-order valence-electron chi connectivity index (χ2n) is 13.4. The molecule has 47 heavy (non-hydrogen) atoms. The van der Waals surface area contributed by atoms with E-state index in [-0.39, 0.29) is 17.6 Å². The van der Waals surface area contributed by atoms with Gasteiger partial charge in [-0.05, 0) is 78.3 Å². The van der Waals surface area contributed by atoms with E-state index in [4.69, 9.17) is 4.74 Å². The van der Waals surface area contributed by atoms with Crippen LogP contribution in [-0.4, -0.2) is 68.8 Å². The van der Waals surface area contributed by atoms with Crippen LogP contribution in [0.25, 0.3) is 0 Å². The first kappa shape index (κ1) is 31.1. The van der Waals surface area contributed by atoms with Crippen molar-refractivity contribution in [1.29, 1.82) is 0 Å². The number of aryl methyl sites for hydroxylation is 1. The number of anilines is 2. The Hall–Kier alpha value is -4.49. The summed E-state index contributed by atoms with van der Waals surface area (Å²) >= 11 is 0. The van der Waals surface area contributed by atoms with E-state index in [9.17, 15) is 9.90 Å². The monoisotopic (exact) mass is 630 g/mol. The highest BCUT2D eigenvalue weighted by Gasteiger charge is 2.34. The Balaban J connectivity index is 0.945. The summed E-state index contributed by atoms with van der Waals surface area (Å²) in [7, 11) is 0. The Morgan fingerprint density at radius 2 is 1.53 bits per heavy atom. The molecule has 7 heteroatoms. The van der Waals surface area contributed by atoms with E-state index < -0.39 is 0 Å². The minimum absolute atomic E-state index is 0.162. The number of phenols is 1. The van der Waals surface area contributed by atoms with Crippen LogP contribution in [0.4, 0.5) is 11.4 Å². The van der Waals surface area contributed by atoms with Gasteiger partial charge in [0.2, 0.25) is 6.41 Å². The average Bonchev–Trinajstić information content (AvgIpc) is 3.12. The van der Waals surface area contributed by atoms with Crippen LogP contribution in [0, 0.1) is 12.8 Å². The number of benzene rings is 4. The second kappa shape index (κ2) is 14.1. The van der Waals surface area contributed by atoms with Gasteiger partial charge in [-0.15, -0.1) is 0 Å². The number of rotatable bonds is 9. The standard InChI is InChI=1S/C40H46N4O3/c1-29-7-10-35(23-33(29)25-41-28-45)44-21-19-42(20-22-44)26-30-15-17-43(18-16-30)34-11-8-32(9-12-34)40-37-14-13-36(46)24-39(37)47-27-38(40)31-5-3-2-4-6-31/h2-14,23-24,28,30,38,40,46H,15-22,25-27H2,1H3,(H,41,45). The minimum Gasteiger partial charge on any atom is -0.508 e. The molecule has 1 amide bonds. The molecule has 0 spiro atoms. The Bertz CT molecular complexity index is 1640. The first-order valence-corrected chi connectivity index (χ1v) is 17.1. The fraction of sp³-hybridized carbons (Fsp3) is 0.375. The lowest BCUT2D eigenvalue weighted by Crippen LogP contribution is -2.49. The maximum atomic E-state index is 10.8. The molecule has 7 nitrogen and oxygen atoms in total. The quantitative estimate of drug-likeness (QED) is 0.212. The number of aromatic hydroxyl groups is 1. The van der Waals surface area contributed by atoms with Crippen LogP contribution in [0.1, 0.15) is 52.5 Å². The van der Waals surface area contributed by atoms with E-state index >= 15 is 0 Å². The minimum atomic E-state index is 0.162. The van der Waals surface area contributed by atoms with Gasteiger partial charge in [-0.1, -0.05) is 54.6 Å². The van der Waals surface area contributed by atoms with Crippen molar-refractivity contribution in [2.45, 2.75) is 38.1 Å². The van der Waals surface area contributed by atoms with Crippen molar-refractivity contribution in [2.24, 2.45) is 5.92 Å². The summed E-state index contributed by atoms with van der Waals surface area (Å²) < 4.78 is 6.17. The number of hydrogen-bond donors (Lipinski definition) is 2. The van der Waals surface area contributed by atoms with Crippen molar-refractivity contribution in [3.63, 3.8) is 0 Å². The van der Waals surface area contributed by atoms with E-state index in [1.54, 1.807) is 12.1 Å². The summed E-state index contributed by atoms with van der Waals surface area (Å²) in [5.41, 5.74) is 8.65. The van der Waals surface area contributed by atoms with Gasteiger partial charge in [-0.2, -0.15) is 0 Å². The van der Waals surface area contributed by atoms with Gasteiger partial charge in [0.05, 0.1) is 6.61 Å². The molecule has 2 saturated heterocycles. The summed E-state index contributed by atoms with van der Waals surface area (Å²) in [6, 6.07) is 32.0. The molecule has 2 N–H and O–H groups in total. The average molecular weight is 631 g/mol. The van der Waals surface area contributed by atoms with Crippen LogP contribution >= 0.6 is 0 Å². The van der Waals surface area contributed by atoms with E-state index in [1.807, 2.05) is 6.07 Å². The van der Waals surface area contributed by atoms with Crippen molar-refractivity contribution < 1.29 is 14.6 Å².